The van der Waals surface area contributed by atoms with Crippen molar-refractivity contribution in [3.63, 3.8) is 0 Å². The minimum absolute atomic E-state index is 0.0620. The van der Waals surface area contributed by atoms with Crippen LogP contribution in [0.2, 0.25) is 0 Å². The predicted molar refractivity (Wildman–Crippen MR) is 127 cm³/mol. The summed E-state index contributed by atoms with van der Waals surface area (Å²) < 4.78 is 24.4. The molecule has 1 aliphatic carbocycles. The predicted octanol–water partition coefficient (Wildman–Crippen LogP) is 3.72. The highest BCUT2D eigenvalue weighted by atomic mass is 32.2. The first kappa shape index (κ1) is 21.0. The van der Waals surface area contributed by atoms with Gasteiger partial charge in [-0.2, -0.15) is 5.10 Å². The maximum atomic E-state index is 12.2. The van der Waals surface area contributed by atoms with Crippen molar-refractivity contribution in [3.8, 4) is 0 Å². The molecule has 3 N–H and O–H groups in total. The molecule has 2 aliphatic rings. The summed E-state index contributed by atoms with van der Waals surface area (Å²) in [5.74, 6) is 0. The Morgan fingerprint density at radius 1 is 1.19 bits per heavy atom. The van der Waals surface area contributed by atoms with Crippen molar-refractivity contribution in [1.82, 2.24) is 10.2 Å². The molecule has 7 heteroatoms. The van der Waals surface area contributed by atoms with Gasteiger partial charge in [0, 0.05) is 48.4 Å². The van der Waals surface area contributed by atoms with Crippen LogP contribution in [0, 0.1) is 5.41 Å². The molecule has 1 fully saturated rings. The van der Waals surface area contributed by atoms with Crippen molar-refractivity contribution in [2.24, 2.45) is 11.1 Å². The van der Waals surface area contributed by atoms with E-state index < -0.39 is 9.84 Å². The molecule has 1 saturated heterocycles. The molecule has 1 aliphatic heterocycles. The highest BCUT2D eigenvalue weighted by molar-refractivity contribution is 7.90. The standard InChI is InChI=1S/C25H28N4O2S/c1-17(22-9-12-27-28-22)21-15-19(32(2,30)31)7-8-23(21)29-13-10-25(11-14-29)16-18-5-3-4-6-20(18)24(25)26/h3-9,12,15,24H,1,10-11,13-14,16,26H2,2H3,(H,27,28)/t24-/m1/s1. The van der Waals surface area contributed by atoms with Gasteiger partial charge in [-0.25, -0.2) is 8.42 Å². The molecule has 2 aromatic carbocycles. The molecule has 32 heavy (non-hydrogen) atoms. The number of nitrogens with two attached hydrogens (primary N) is 1. The van der Waals surface area contributed by atoms with E-state index in [1.165, 1.54) is 17.4 Å². The van der Waals surface area contributed by atoms with Gasteiger partial charge in [-0.05, 0) is 60.1 Å². The lowest BCUT2D eigenvalue weighted by Crippen LogP contribution is -2.44. The number of aromatic amines is 1. The number of aromatic nitrogens is 2. The van der Waals surface area contributed by atoms with Crippen molar-refractivity contribution in [3.05, 3.63) is 83.7 Å². The van der Waals surface area contributed by atoms with Crippen molar-refractivity contribution < 1.29 is 8.42 Å². The van der Waals surface area contributed by atoms with Crippen molar-refractivity contribution >= 4 is 21.1 Å². The summed E-state index contributed by atoms with van der Waals surface area (Å²) in [5.41, 5.74) is 12.7. The number of H-pyrrole nitrogens is 1. The molecule has 6 nitrogen and oxygen atoms in total. The fourth-order valence-corrected chi connectivity index (χ4v) is 5.98. The number of anilines is 1. The number of piperidine rings is 1. The Kier molecular flexibility index (Phi) is 4.98. The molecule has 1 atom stereocenters. The van der Waals surface area contributed by atoms with Gasteiger partial charge in [0.2, 0.25) is 0 Å². The van der Waals surface area contributed by atoms with Gasteiger partial charge in [0.25, 0.3) is 0 Å². The average Bonchev–Trinajstić information content (AvgIpc) is 3.41. The molecule has 2 heterocycles. The van der Waals surface area contributed by atoms with Gasteiger partial charge in [-0.15, -0.1) is 0 Å². The van der Waals surface area contributed by atoms with Crippen LogP contribution in [0.15, 0.2) is 66.2 Å². The maximum Gasteiger partial charge on any atom is 0.175 e. The summed E-state index contributed by atoms with van der Waals surface area (Å²) in [6.45, 7) is 5.96. The highest BCUT2D eigenvalue weighted by Gasteiger charge is 2.45. The molecule has 0 bridgehead atoms. The van der Waals surface area contributed by atoms with E-state index in [0.29, 0.717) is 11.3 Å². The lowest BCUT2D eigenvalue weighted by atomic mass is 9.73. The lowest BCUT2D eigenvalue weighted by Gasteiger charge is -2.43. The maximum absolute atomic E-state index is 12.2. The number of nitrogens with one attached hydrogen (secondary N) is 1. The van der Waals surface area contributed by atoms with Crippen LogP contribution in [-0.4, -0.2) is 38.0 Å². The smallest absolute Gasteiger partial charge is 0.175 e. The second-order valence-corrected chi connectivity index (χ2v) is 11.1. The van der Waals surface area contributed by atoms with E-state index in [9.17, 15) is 8.42 Å². The number of fused-ring (bicyclic) bond motifs is 1. The monoisotopic (exact) mass is 448 g/mol. The van der Waals surface area contributed by atoms with Gasteiger partial charge in [-0.1, -0.05) is 30.8 Å². The zero-order chi connectivity index (χ0) is 22.5. The van der Waals surface area contributed by atoms with Crippen LogP contribution >= 0.6 is 0 Å². The van der Waals surface area contributed by atoms with E-state index in [0.717, 1.165) is 43.6 Å². The quantitative estimate of drug-likeness (QED) is 0.635. The third kappa shape index (κ3) is 3.45. The number of sulfone groups is 1. The zero-order valence-corrected chi connectivity index (χ0v) is 19.0. The third-order valence-corrected chi connectivity index (χ3v) is 8.33. The number of nitrogens with zero attached hydrogens (tertiary/aromatic N) is 2. The van der Waals surface area contributed by atoms with Crippen LogP contribution in [-0.2, 0) is 16.3 Å². The Bertz CT molecular complexity index is 1270. The topological polar surface area (TPSA) is 92.1 Å². The summed E-state index contributed by atoms with van der Waals surface area (Å²) in [6, 6.07) is 15.8. The minimum Gasteiger partial charge on any atom is -0.371 e. The van der Waals surface area contributed by atoms with E-state index in [1.54, 1.807) is 18.3 Å². The van der Waals surface area contributed by atoms with Gasteiger partial charge in [-0.3, -0.25) is 5.10 Å². The first-order valence-corrected chi connectivity index (χ1v) is 12.8. The van der Waals surface area contributed by atoms with E-state index in [4.69, 9.17) is 5.73 Å². The Hall–Kier alpha value is -2.90. The van der Waals surface area contributed by atoms with Crippen LogP contribution in [0.3, 0.4) is 0 Å². The van der Waals surface area contributed by atoms with Crippen LogP contribution < -0.4 is 10.6 Å². The van der Waals surface area contributed by atoms with Crippen molar-refractivity contribution in [2.75, 3.05) is 24.2 Å². The first-order valence-electron chi connectivity index (χ1n) is 10.9. The van der Waals surface area contributed by atoms with Crippen LogP contribution in [0.25, 0.3) is 5.57 Å². The number of benzene rings is 2. The molecule has 0 amide bonds. The summed E-state index contributed by atoms with van der Waals surface area (Å²) in [4.78, 5) is 2.62. The van der Waals surface area contributed by atoms with Gasteiger partial charge in [0.15, 0.2) is 9.84 Å². The van der Waals surface area contributed by atoms with Crippen LogP contribution in [0.1, 0.15) is 41.3 Å². The molecular formula is C25H28N4O2S. The summed E-state index contributed by atoms with van der Waals surface area (Å²) in [5, 5.41) is 7.07. The van der Waals surface area contributed by atoms with Gasteiger partial charge in [0.1, 0.15) is 0 Å². The molecule has 0 radical (unpaired) electrons. The Labute approximate surface area is 189 Å². The number of hydrogen-bond acceptors (Lipinski definition) is 5. The fraction of sp³-hybridized carbons (Fsp3) is 0.320. The van der Waals surface area contributed by atoms with Crippen LogP contribution in [0.4, 0.5) is 5.69 Å². The summed E-state index contributed by atoms with van der Waals surface area (Å²) in [6.07, 6.45) is 5.98. The molecule has 1 aromatic heterocycles. The second-order valence-electron chi connectivity index (χ2n) is 9.09. The Balaban J connectivity index is 1.45. The third-order valence-electron chi connectivity index (χ3n) is 7.22. The number of hydrogen-bond donors (Lipinski definition) is 2. The lowest BCUT2D eigenvalue weighted by molar-refractivity contribution is 0.187. The highest BCUT2D eigenvalue weighted by Crippen LogP contribution is 2.51. The molecule has 0 unspecified atom stereocenters. The average molecular weight is 449 g/mol. The first-order chi connectivity index (χ1) is 15.3. The molecular weight excluding hydrogens is 420 g/mol. The molecule has 3 aromatic rings. The van der Waals surface area contributed by atoms with Gasteiger partial charge in [0.05, 0.1) is 10.6 Å². The summed E-state index contributed by atoms with van der Waals surface area (Å²) in [7, 11) is -3.34. The number of rotatable bonds is 4. The molecule has 1 spiro atoms. The zero-order valence-electron chi connectivity index (χ0n) is 18.2. The second kappa shape index (κ2) is 7.60. The normalized spacial score (nSPS) is 19.8. The molecule has 166 valence electrons. The van der Waals surface area contributed by atoms with E-state index in [1.807, 2.05) is 12.1 Å². The Morgan fingerprint density at radius 2 is 1.94 bits per heavy atom. The molecule has 5 rings (SSSR count). The fourth-order valence-electron chi connectivity index (χ4n) is 5.33. The van der Waals surface area contributed by atoms with E-state index in [2.05, 4.69) is 45.9 Å². The SMILES string of the molecule is C=C(c1cc[nH]n1)c1cc(S(C)(=O)=O)ccc1N1CCC2(CC1)Cc1ccccc1[C@H]2N. The van der Waals surface area contributed by atoms with E-state index >= 15 is 0 Å². The minimum atomic E-state index is -3.34. The summed E-state index contributed by atoms with van der Waals surface area (Å²) >= 11 is 0. The van der Waals surface area contributed by atoms with E-state index in [-0.39, 0.29) is 16.4 Å². The van der Waals surface area contributed by atoms with Crippen molar-refractivity contribution in [2.45, 2.75) is 30.2 Å². The van der Waals surface area contributed by atoms with Gasteiger partial charge >= 0.3 is 0 Å². The molecule has 0 saturated carbocycles. The Morgan fingerprint density at radius 3 is 2.59 bits per heavy atom. The largest absolute Gasteiger partial charge is 0.371 e. The van der Waals surface area contributed by atoms with Crippen molar-refractivity contribution in [1.29, 1.82) is 0 Å². The van der Waals surface area contributed by atoms with Gasteiger partial charge < -0.3 is 10.6 Å². The van der Waals surface area contributed by atoms with Crippen LogP contribution in [0.5, 0.6) is 0 Å².